The molecule has 4 heterocycles. The van der Waals surface area contributed by atoms with E-state index in [1.54, 1.807) is 18.3 Å². The van der Waals surface area contributed by atoms with Crippen molar-refractivity contribution in [1.82, 2.24) is 19.9 Å². The number of carbonyl (C=O) groups is 1. The number of nitrogens with one attached hydrogen (secondary N) is 2. The zero-order valence-electron chi connectivity index (χ0n) is 16.9. The second kappa shape index (κ2) is 7.88. The third kappa shape index (κ3) is 3.63. The zero-order valence-corrected chi connectivity index (χ0v) is 16.9. The van der Waals surface area contributed by atoms with E-state index in [2.05, 4.69) is 27.6 Å². The maximum atomic E-state index is 13.0. The van der Waals surface area contributed by atoms with Crippen LogP contribution in [0.3, 0.4) is 0 Å². The smallest absolute Gasteiger partial charge is 0.273 e. The Morgan fingerprint density at radius 2 is 1.97 bits per heavy atom. The number of likely N-dealkylation sites (tertiary alicyclic amines) is 1. The highest BCUT2D eigenvalue weighted by molar-refractivity contribution is 5.93. The number of aromatic nitrogens is 2. The van der Waals surface area contributed by atoms with E-state index in [0.29, 0.717) is 17.4 Å². The highest BCUT2D eigenvalue weighted by Crippen LogP contribution is 2.28. The number of carbonyl (C=O) groups excluding carboxylic acids is 1. The Balaban J connectivity index is 1.21. The van der Waals surface area contributed by atoms with Gasteiger partial charge in [0.2, 0.25) is 0 Å². The molecular formula is C21H26FN5O3. The lowest BCUT2D eigenvalue weighted by Gasteiger charge is -2.46. The van der Waals surface area contributed by atoms with Crippen molar-refractivity contribution in [3.8, 4) is 5.75 Å². The van der Waals surface area contributed by atoms with Gasteiger partial charge in [0.25, 0.3) is 5.91 Å². The molecule has 5 rings (SSSR count). The summed E-state index contributed by atoms with van der Waals surface area (Å²) < 4.78 is 26.3. The molecule has 0 bridgehead atoms. The minimum atomic E-state index is -0.274. The van der Waals surface area contributed by atoms with Crippen molar-refractivity contribution in [3.05, 3.63) is 47.8 Å². The van der Waals surface area contributed by atoms with Crippen LogP contribution in [0.4, 0.5) is 4.39 Å². The molecule has 0 saturated carbocycles. The van der Waals surface area contributed by atoms with E-state index in [1.807, 2.05) is 4.68 Å². The SMILES string of the molecule is CC(C1NC(=O)c2cnc(C3CCOCC3)n2N1)N1CC(Oc2ccc(F)cc2)C1. The summed E-state index contributed by atoms with van der Waals surface area (Å²) in [4.78, 5) is 19.4. The molecule has 2 unspecified atom stereocenters. The average Bonchev–Trinajstić information content (AvgIpc) is 3.16. The molecule has 8 nitrogen and oxygen atoms in total. The van der Waals surface area contributed by atoms with Gasteiger partial charge >= 0.3 is 0 Å². The molecule has 2 aromatic rings. The van der Waals surface area contributed by atoms with Crippen LogP contribution in [0.2, 0.25) is 0 Å². The van der Waals surface area contributed by atoms with Crippen LogP contribution >= 0.6 is 0 Å². The summed E-state index contributed by atoms with van der Waals surface area (Å²) in [5, 5.41) is 3.05. The van der Waals surface area contributed by atoms with E-state index in [9.17, 15) is 9.18 Å². The molecule has 1 aromatic carbocycles. The number of fused-ring (bicyclic) bond motifs is 1. The van der Waals surface area contributed by atoms with Crippen molar-refractivity contribution >= 4 is 5.91 Å². The molecule has 3 aliphatic heterocycles. The van der Waals surface area contributed by atoms with Crippen molar-refractivity contribution in [3.63, 3.8) is 0 Å². The summed E-state index contributed by atoms with van der Waals surface area (Å²) in [6.07, 6.45) is 3.29. The van der Waals surface area contributed by atoms with E-state index in [0.717, 1.165) is 45.0 Å². The Labute approximate surface area is 174 Å². The maximum Gasteiger partial charge on any atom is 0.273 e. The van der Waals surface area contributed by atoms with Gasteiger partial charge < -0.3 is 20.2 Å². The highest BCUT2D eigenvalue weighted by atomic mass is 19.1. The second-order valence-electron chi connectivity index (χ2n) is 8.19. The fourth-order valence-corrected chi connectivity index (χ4v) is 4.31. The second-order valence-corrected chi connectivity index (χ2v) is 8.19. The topological polar surface area (TPSA) is 80.6 Å². The van der Waals surface area contributed by atoms with Crippen LogP contribution in [0, 0.1) is 5.82 Å². The molecule has 3 aliphatic rings. The van der Waals surface area contributed by atoms with Crippen molar-refractivity contribution in [1.29, 1.82) is 0 Å². The molecule has 1 aromatic heterocycles. The zero-order chi connectivity index (χ0) is 20.7. The monoisotopic (exact) mass is 415 g/mol. The Hall–Kier alpha value is -2.65. The Morgan fingerprint density at radius 3 is 2.70 bits per heavy atom. The van der Waals surface area contributed by atoms with Crippen molar-refractivity contribution in [2.75, 3.05) is 31.7 Å². The van der Waals surface area contributed by atoms with Crippen LogP contribution in [-0.4, -0.2) is 65.1 Å². The number of benzene rings is 1. The van der Waals surface area contributed by atoms with Gasteiger partial charge in [-0.2, -0.15) is 0 Å². The summed E-state index contributed by atoms with van der Waals surface area (Å²) in [7, 11) is 0. The molecule has 0 spiro atoms. The fourth-order valence-electron chi connectivity index (χ4n) is 4.31. The normalized spacial score (nSPS) is 23.8. The van der Waals surface area contributed by atoms with Gasteiger partial charge in [0, 0.05) is 38.3 Å². The number of halogens is 1. The Kier molecular flexibility index (Phi) is 5.08. The Bertz CT molecular complexity index is 906. The molecule has 160 valence electrons. The first-order chi connectivity index (χ1) is 14.6. The van der Waals surface area contributed by atoms with E-state index < -0.39 is 0 Å². The molecule has 2 N–H and O–H groups in total. The van der Waals surface area contributed by atoms with Gasteiger partial charge in [-0.3, -0.25) is 9.69 Å². The molecule has 9 heteroatoms. The lowest BCUT2D eigenvalue weighted by atomic mass is 9.99. The highest BCUT2D eigenvalue weighted by Gasteiger charge is 2.39. The number of hydrogen-bond acceptors (Lipinski definition) is 6. The summed E-state index contributed by atoms with van der Waals surface area (Å²) in [6, 6.07) is 6.15. The molecule has 0 radical (unpaired) electrons. The minimum Gasteiger partial charge on any atom is -0.488 e. The Morgan fingerprint density at radius 1 is 1.23 bits per heavy atom. The molecule has 0 aliphatic carbocycles. The van der Waals surface area contributed by atoms with Gasteiger partial charge in [-0.15, -0.1) is 0 Å². The van der Waals surface area contributed by atoms with Gasteiger partial charge in [0.15, 0.2) is 0 Å². The summed E-state index contributed by atoms with van der Waals surface area (Å²) in [6.45, 7) is 5.03. The third-order valence-corrected chi connectivity index (χ3v) is 6.21. The van der Waals surface area contributed by atoms with E-state index in [1.165, 1.54) is 12.1 Å². The first-order valence-corrected chi connectivity index (χ1v) is 10.5. The third-order valence-electron chi connectivity index (χ3n) is 6.21. The van der Waals surface area contributed by atoms with Gasteiger partial charge in [0.1, 0.15) is 35.4 Å². The fraction of sp³-hybridized carbons (Fsp3) is 0.524. The predicted octanol–water partition coefficient (Wildman–Crippen LogP) is 1.68. The van der Waals surface area contributed by atoms with Gasteiger partial charge in [-0.25, -0.2) is 14.1 Å². The van der Waals surface area contributed by atoms with Crippen LogP contribution < -0.4 is 15.5 Å². The van der Waals surface area contributed by atoms with Crippen molar-refractivity contribution in [2.24, 2.45) is 0 Å². The number of hydrogen-bond donors (Lipinski definition) is 2. The van der Waals surface area contributed by atoms with Crippen LogP contribution in [-0.2, 0) is 4.74 Å². The minimum absolute atomic E-state index is 0.0545. The number of ether oxygens (including phenoxy) is 2. The molecule has 2 fully saturated rings. The quantitative estimate of drug-likeness (QED) is 0.774. The molecule has 30 heavy (non-hydrogen) atoms. The van der Waals surface area contributed by atoms with E-state index in [-0.39, 0.29) is 30.0 Å². The molecule has 1 amide bonds. The lowest BCUT2D eigenvalue weighted by molar-refractivity contribution is -0.0132. The van der Waals surface area contributed by atoms with Crippen LogP contribution in [0.15, 0.2) is 30.5 Å². The number of nitrogens with zero attached hydrogens (tertiary/aromatic N) is 3. The van der Waals surface area contributed by atoms with Crippen LogP contribution in [0.1, 0.15) is 42.0 Å². The summed E-state index contributed by atoms with van der Waals surface area (Å²) in [5.41, 5.74) is 3.99. The number of amides is 1. The van der Waals surface area contributed by atoms with Gasteiger partial charge in [-0.1, -0.05) is 0 Å². The van der Waals surface area contributed by atoms with Crippen molar-refractivity contribution < 1.29 is 18.7 Å². The van der Waals surface area contributed by atoms with E-state index >= 15 is 0 Å². The van der Waals surface area contributed by atoms with Crippen LogP contribution in [0.5, 0.6) is 5.75 Å². The standard InChI is InChI=1S/C21H26FN5O3/c1-13(26-11-17(12-26)30-16-4-2-15(22)3-5-16)19-24-21(28)18-10-23-20(27(18)25-19)14-6-8-29-9-7-14/h2-5,10,13-14,17,19,25H,6-9,11-12H2,1H3,(H,24,28). The first kappa shape index (κ1) is 19.3. The molecular weight excluding hydrogens is 389 g/mol. The maximum absolute atomic E-state index is 13.0. The molecule has 2 saturated heterocycles. The predicted molar refractivity (Wildman–Crippen MR) is 107 cm³/mol. The summed E-state index contributed by atoms with van der Waals surface area (Å²) >= 11 is 0. The average molecular weight is 415 g/mol. The molecule has 2 atom stereocenters. The van der Waals surface area contributed by atoms with E-state index in [4.69, 9.17) is 9.47 Å². The van der Waals surface area contributed by atoms with Gasteiger partial charge in [-0.05, 0) is 44.0 Å². The number of imidazole rings is 1. The number of rotatable bonds is 5. The lowest BCUT2D eigenvalue weighted by Crippen LogP contribution is -2.66. The van der Waals surface area contributed by atoms with Crippen LogP contribution in [0.25, 0.3) is 0 Å². The van der Waals surface area contributed by atoms with Gasteiger partial charge in [0.05, 0.1) is 6.20 Å². The summed E-state index contributed by atoms with van der Waals surface area (Å²) in [5.74, 6) is 1.48. The first-order valence-electron chi connectivity index (χ1n) is 10.5. The largest absolute Gasteiger partial charge is 0.488 e. The van der Waals surface area contributed by atoms with Crippen molar-refractivity contribution in [2.45, 2.75) is 44.0 Å².